The number of amides is 1. The van der Waals surface area contributed by atoms with Crippen LogP contribution in [0.25, 0.3) is 0 Å². The Labute approximate surface area is 157 Å². The van der Waals surface area contributed by atoms with Crippen molar-refractivity contribution in [2.75, 3.05) is 25.1 Å². The third kappa shape index (κ3) is 2.46. The lowest BCUT2D eigenvalue weighted by Gasteiger charge is -2.43. The first-order valence-electron chi connectivity index (χ1n) is 9.10. The minimum Gasteiger partial charge on any atom is -0.380 e. The monoisotopic (exact) mass is 379 g/mol. The lowest BCUT2D eigenvalue weighted by molar-refractivity contribution is -0.118. The van der Waals surface area contributed by atoms with E-state index in [9.17, 15) is 4.79 Å². The molecule has 5 nitrogen and oxygen atoms in total. The Morgan fingerprint density at radius 2 is 2.23 bits per heavy atom. The van der Waals surface area contributed by atoms with Crippen LogP contribution in [0.15, 0.2) is 23.8 Å². The second-order valence-corrected chi connectivity index (χ2v) is 7.93. The van der Waals surface area contributed by atoms with Crippen molar-refractivity contribution in [3.05, 3.63) is 34.4 Å². The van der Waals surface area contributed by atoms with Crippen LogP contribution in [0, 0.1) is 5.41 Å². The number of pyridine rings is 1. The molecule has 1 unspecified atom stereocenters. The predicted molar refractivity (Wildman–Crippen MR) is 97.5 cm³/mol. The van der Waals surface area contributed by atoms with Crippen molar-refractivity contribution in [2.24, 2.45) is 5.41 Å². The summed E-state index contributed by atoms with van der Waals surface area (Å²) in [4.78, 5) is 21.1. The molecule has 2 atom stereocenters. The van der Waals surface area contributed by atoms with E-state index in [0.29, 0.717) is 29.5 Å². The Kier molecular flexibility index (Phi) is 4.43. The average molecular weight is 380 g/mol. The summed E-state index contributed by atoms with van der Waals surface area (Å²) in [7, 11) is 1.57. The Bertz CT molecular complexity index is 784. The molecule has 0 N–H and O–H groups in total. The molecule has 1 aromatic heterocycles. The number of halogens is 2. The number of rotatable bonds is 3. The molecule has 0 bridgehead atoms. The molecule has 4 rings (SSSR count). The third-order valence-corrected chi connectivity index (χ3v) is 6.42. The average Bonchev–Trinajstić information content (AvgIpc) is 2.86. The quantitative estimate of drug-likeness (QED) is 0.803. The maximum absolute atomic E-state index is 15.4. The van der Waals surface area contributed by atoms with Crippen molar-refractivity contribution in [1.29, 1.82) is 0 Å². The summed E-state index contributed by atoms with van der Waals surface area (Å²) >= 11 is 6.28. The zero-order valence-corrected chi connectivity index (χ0v) is 15.9. The molecule has 7 heteroatoms. The number of carbonyl (C=O) groups is 1. The van der Waals surface area contributed by atoms with Gasteiger partial charge in [0.25, 0.3) is 5.91 Å². The van der Waals surface area contributed by atoms with E-state index in [-0.39, 0.29) is 30.1 Å². The lowest BCUT2D eigenvalue weighted by atomic mass is 9.72. The summed E-state index contributed by atoms with van der Waals surface area (Å²) in [5, 5.41) is 0.494. The van der Waals surface area contributed by atoms with Crippen molar-refractivity contribution in [3.63, 3.8) is 0 Å². The highest BCUT2D eigenvalue weighted by molar-refractivity contribution is 6.31. The smallest absolute Gasteiger partial charge is 0.278 e. The zero-order valence-electron chi connectivity index (χ0n) is 15.1. The first-order chi connectivity index (χ1) is 12.5. The van der Waals surface area contributed by atoms with Crippen molar-refractivity contribution < 1.29 is 13.9 Å². The number of nitrogens with zero attached hydrogens (tertiary/aromatic N) is 3. The number of piperazine rings is 1. The number of ether oxygens (including phenoxy) is 1. The van der Waals surface area contributed by atoms with Gasteiger partial charge in [0, 0.05) is 43.4 Å². The van der Waals surface area contributed by atoms with E-state index in [1.165, 1.54) is 0 Å². The number of carbonyl (C=O) groups excluding carboxylic acids is 1. The van der Waals surface area contributed by atoms with Gasteiger partial charge in [0.2, 0.25) is 0 Å². The van der Waals surface area contributed by atoms with E-state index in [0.717, 1.165) is 25.7 Å². The molecular weight excluding hydrogens is 357 g/mol. The Morgan fingerprint density at radius 3 is 3.00 bits per heavy atom. The molecule has 1 aliphatic carbocycles. The summed E-state index contributed by atoms with van der Waals surface area (Å²) in [6, 6.07) is 1.76. The van der Waals surface area contributed by atoms with E-state index in [2.05, 4.69) is 4.98 Å². The van der Waals surface area contributed by atoms with Gasteiger partial charge in [-0.1, -0.05) is 31.4 Å². The summed E-state index contributed by atoms with van der Waals surface area (Å²) in [6.45, 7) is 3.28. The minimum atomic E-state index is -0.545. The van der Waals surface area contributed by atoms with E-state index < -0.39 is 5.41 Å². The molecule has 26 heavy (non-hydrogen) atoms. The largest absolute Gasteiger partial charge is 0.380 e. The Balaban J connectivity index is 1.74. The first kappa shape index (κ1) is 17.7. The highest BCUT2D eigenvalue weighted by Crippen LogP contribution is 2.53. The number of fused-ring (bicyclic) bond motifs is 3. The molecule has 2 aliphatic heterocycles. The van der Waals surface area contributed by atoms with Crippen LogP contribution in [-0.2, 0) is 16.1 Å². The van der Waals surface area contributed by atoms with Crippen molar-refractivity contribution in [3.8, 4) is 0 Å². The van der Waals surface area contributed by atoms with Gasteiger partial charge in [0.05, 0.1) is 11.6 Å². The van der Waals surface area contributed by atoms with E-state index in [4.69, 9.17) is 16.3 Å². The van der Waals surface area contributed by atoms with Gasteiger partial charge in [-0.15, -0.1) is 0 Å². The molecule has 1 saturated heterocycles. The minimum absolute atomic E-state index is 0.0862. The summed E-state index contributed by atoms with van der Waals surface area (Å²) < 4.78 is 20.6. The molecule has 0 spiro atoms. The van der Waals surface area contributed by atoms with Crippen molar-refractivity contribution in [2.45, 2.75) is 45.3 Å². The highest BCUT2D eigenvalue weighted by Gasteiger charge is 2.55. The number of anilines is 1. The molecule has 1 saturated carbocycles. The van der Waals surface area contributed by atoms with Crippen LogP contribution in [-0.4, -0.2) is 42.0 Å². The van der Waals surface area contributed by atoms with Gasteiger partial charge in [0.1, 0.15) is 17.3 Å². The maximum Gasteiger partial charge on any atom is 0.278 e. The van der Waals surface area contributed by atoms with Gasteiger partial charge in [-0.3, -0.25) is 9.69 Å². The number of methoxy groups -OCH3 is 1. The third-order valence-electron chi connectivity index (χ3n) is 6.06. The fourth-order valence-corrected chi connectivity index (χ4v) is 4.91. The fraction of sp³-hybridized carbons (Fsp3) is 0.579. The van der Waals surface area contributed by atoms with Gasteiger partial charge >= 0.3 is 0 Å². The Morgan fingerprint density at radius 1 is 1.42 bits per heavy atom. The zero-order chi connectivity index (χ0) is 18.5. The van der Waals surface area contributed by atoms with E-state index in [1.807, 2.05) is 11.8 Å². The normalized spacial score (nSPS) is 28.5. The van der Waals surface area contributed by atoms with Crippen LogP contribution >= 0.6 is 11.6 Å². The van der Waals surface area contributed by atoms with Gasteiger partial charge < -0.3 is 9.64 Å². The van der Waals surface area contributed by atoms with Gasteiger partial charge in [0.15, 0.2) is 0 Å². The topological polar surface area (TPSA) is 45.7 Å². The molecule has 2 fully saturated rings. The molecule has 1 aromatic rings. The maximum atomic E-state index is 15.4. The van der Waals surface area contributed by atoms with Crippen LogP contribution in [0.1, 0.15) is 38.2 Å². The lowest BCUT2D eigenvalue weighted by Crippen LogP contribution is -2.52. The van der Waals surface area contributed by atoms with E-state index >= 15 is 4.39 Å². The molecule has 1 amide bonds. The van der Waals surface area contributed by atoms with Gasteiger partial charge in [-0.05, 0) is 18.9 Å². The molecule has 3 heterocycles. The van der Waals surface area contributed by atoms with Gasteiger partial charge in [-0.25, -0.2) is 9.37 Å². The van der Waals surface area contributed by atoms with Crippen LogP contribution in [0.4, 0.5) is 10.2 Å². The summed E-state index contributed by atoms with van der Waals surface area (Å²) in [6.07, 6.45) is 5.39. The first-order valence-corrected chi connectivity index (χ1v) is 9.48. The van der Waals surface area contributed by atoms with Crippen molar-refractivity contribution in [1.82, 2.24) is 9.88 Å². The van der Waals surface area contributed by atoms with Crippen LogP contribution in [0.2, 0.25) is 5.02 Å². The SMILES string of the molecule is COCc1c(Cl)ccnc1N1CCN2C(=C(F)[C@]3(C)CCCCC23)C1=O. The molecule has 140 valence electrons. The van der Waals surface area contributed by atoms with Crippen LogP contribution < -0.4 is 4.90 Å². The van der Waals surface area contributed by atoms with Crippen molar-refractivity contribution >= 4 is 23.3 Å². The highest BCUT2D eigenvalue weighted by atomic mass is 35.5. The number of aromatic nitrogens is 1. The van der Waals surface area contributed by atoms with Crippen LogP contribution in [0.5, 0.6) is 0 Å². The second-order valence-electron chi connectivity index (χ2n) is 7.52. The summed E-state index contributed by atoms with van der Waals surface area (Å²) in [5.41, 5.74) is 0.327. The Hall–Kier alpha value is -1.66. The standard InChI is InChI=1S/C19H23ClFN3O2/c1-19-7-4-3-5-14(19)23-9-10-24(18(25)15(23)16(19)21)17-12(11-26-2)13(20)6-8-22-17/h6,8,14H,3-5,7,9-11H2,1-2H3/t14?,19-/m1/s1. The van der Waals surface area contributed by atoms with Gasteiger partial charge in [-0.2, -0.15) is 0 Å². The fourth-order valence-electron chi connectivity index (χ4n) is 4.72. The molecule has 0 aromatic carbocycles. The molecule has 0 radical (unpaired) electrons. The second kappa shape index (κ2) is 6.50. The number of hydrogen-bond donors (Lipinski definition) is 0. The van der Waals surface area contributed by atoms with E-state index in [1.54, 1.807) is 24.3 Å². The summed E-state index contributed by atoms with van der Waals surface area (Å²) in [5.74, 6) is -0.118. The van der Waals surface area contributed by atoms with Crippen LogP contribution in [0.3, 0.4) is 0 Å². The molecule has 3 aliphatic rings. The predicted octanol–water partition coefficient (Wildman–Crippen LogP) is 3.67. The number of hydrogen-bond acceptors (Lipinski definition) is 4. The molecular formula is C19H23ClFN3O2.